The Bertz CT molecular complexity index is 5190. The first-order chi connectivity index (χ1) is 40.3. The number of nitrogens with zero attached hydrogens (tertiary/aromatic N) is 2. The van der Waals surface area contributed by atoms with E-state index in [4.69, 9.17) is 0 Å². The van der Waals surface area contributed by atoms with E-state index in [1.807, 2.05) is 0 Å². The summed E-state index contributed by atoms with van der Waals surface area (Å²) >= 11 is 0. The summed E-state index contributed by atoms with van der Waals surface area (Å²) < 4.78 is 0. The minimum atomic E-state index is -0.282. The van der Waals surface area contributed by atoms with Crippen LogP contribution in [0, 0.1) is 0 Å². The van der Waals surface area contributed by atoms with Gasteiger partial charge in [-0.1, -0.05) is 215 Å². The molecule has 0 fully saturated rings. The molecule has 0 saturated carbocycles. The lowest BCUT2D eigenvalue weighted by Crippen LogP contribution is -2.16. The quantitative estimate of drug-likeness (QED) is 0.153. The minimum absolute atomic E-state index is 0.282. The summed E-state index contributed by atoms with van der Waals surface area (Å²) in [6.07, 6.45) is 16.0. The Morgan fingerprint density at radius 1 is 0.329 bits per heavy atom. The van der Waals surface area contributed by atoms with Gasteiger partial charge in [-0.2, -0.15) is 0 Å². The number of anilines is 5. The molecule has 0 N–H and O–H groups in total. The molecule has 82 heavy (non-hydrogen) atoms. The zero-order valence-electron chi connectivity index (χ0n) is 45.9. The van der Waals surface area contributed by atoms with Gasteiger partial charge in [-0.3, -0.25) is 0 Å². The monoisotopic (exact) mass is 1040 g/mol. The van der Waals surface area contributed by atoms with E-state index < -0.39 is 0 Å². The summed E-state index contributed by atoms with van der Waals surface area (Å²) in [6, 6.07) is 88.8. The molecule has 0 heterocycles. The fraction of sp³-hybridized carbons (Fsp3) is 0.0500. The van der Waals surface area contributed by atoms with Crippen molar-refractivity contribution in [1.82, 2.24) is 0 Å². The first-order valence-corrected chi connectivity index (χ1v) is 28.6. The van der Waals surface area contributed by atoms with Crippen LogP contribution in [0.15, 0.2) is 297 Å². The molecule has 0 aromatic heterocycles. The predicted octanol–water partition coefficient (Wildman–Crippen LogP) is 22.5. The normalized spacial score (nSPS) is 15.8. The molecule has 2 aliphatic rings. The van der Waals surface area contributed by atoms with Gasteiger partial charge in [0.2, 0.25) is 0 Å². The molecular weight excluding hydrogens is 989 g/mol. The van der Waals surface area contributed by atoms with Crippen LogP contribution in [0.5, 0.6) is 0 Å². The van der Waals surface area contributed by atoms with E-state index in [2.05, 4.69) is 309 Å². The van der Waals surface area contributed by atoms with Crippen molar-refractivity contribution in [3.05, 3.63) is 308 Å². The Hall–Kier alpha value is -10.3. The highest BCUT2D eigenvalue weighted by Crippen LogP contribution is 2.54. The first kappa shape index (κ1) is 47.7. The Morgan fingerprint density at radius 3 is 1.33 bits per heavy atom. The van der Waals surface area contributed by atoms with Gasteiger partial charge in [0.1, 0.15) is 0 Å². The molecule has 0 amide bonds. The molecule has 14 aromatic carbocycles. The average molecular weight is 1050 g/mol. The third-order valence-electron chi connectivity index (χ3n) is 17.8. The Kier molecular flexibility index (Phi) is 10.9. The molecule has 0 unspecified atom stereocenters. The van der Waals surface area contributed by atoms with Crippen molar-refractivity contribution < 1.29 is 0 Å². The van der Waals surface area contributed by atoms with Crippen LogP contribution >= 0.6 is 0 Å². The second-order valence-corrected chi connectivity index (χ2v) is 22.8. The fourth-order valence-electron chi connectivity index (χ4n) is 13.9. The third kappa shape index (κ3) is 7.49. The number of benzene rings is 14. The third-order valence-corrected chi connectivity index (χ3v) is 17.8. The minimum Gasteiger partial charge on any atom is -0.310 e. The molecular formula is C80H56N2. The predicted molar refractivity (Wildman–Crippen MR) is 354 cm³/mol. The van der Waals surface area contributed by atoms with Gasteiger partial charge >= 0.3 is 0 Å². The van der Waals surface area contributed by atoms with Gasteiger partial charge in [0.05, 0.1) is 11.4 Å². The average Bonchev–Trinajstić information content (AvgIpc) is 2.20. The van der Waals surface area contributed by atoms with Crippen LogP contribution in [0.4, 0.5) is 28.4 Å². The topological polar surface area (TPSA) is 6.48 Å². The number of rotatable bonds is 6. The van der Waals surface area contributed by atoms with Crippen LogP contribution in [0.2, 0.25) is 0 Å². The van der Waals surface area contributed by atoms with Gasteiger partial charge in [-0.15, -0.1) is 0 Å². The van der Waals surface area contributed by atoms with Gasteiger partial charge in [-0.25, -0.2) is 0 Å². The van der Waals surface area contributed by atoms with Crippen molar-refractivity contribution in [2.45, 2.75) is 25.7 Å². The summed E-state index contributed by atoms with van der Waals surface area (Å²) in [5.74, 6) is 0. The summed E-state index contributed by atoms with van der Waals surface area (Å²) in [5, 5.41) is 22.4. The van der Waals surface area contributed by atoms with Crippen LogP contribution in [-0.2, 0) is 5.41 Å². The molecule has 2 aliphatic carbocycles. The molecule has 2 heteroatoms. The van der Waals surface area contributed by atoms with Gasteiger partial charge in [0.25, 0.3) is 0 Å². The number of fused-ring (bicyclic) bond motifs is 18. The number of hydrogen-bond acceptors (Lipinski definition) is 2. The van der Waals surface area contributed by atoms with Crippen LogP contribution in [0.1, 0.15) is 31.4 Å². The lowest BCUT2D eigenvalue weighted by atomic mass is 9.80. The summed E-state index contributed by atoms with van der Waals surface area (Å²) in [5.41, 5.74) is 12.7. The molecule has 0 atom stereocenters. The molecule has 0 spiro atoms. The summed E-state index contributed by atoms with van der Waals surface area (Å²) in [6.45, 7) is 9.35. The van der Waals surface area contributed by atoms with E-state index in [1.54, 1.807) is 0 Å². The molecule has 0 saturated heterocycles. The molecule has 0 aliphatic heterocycles. The van der Waals surface area contributed by atoms with Gasteiger partial charge < -0.3 is 9.80 Å². The van der Waals surface area contributed by atoms with E-state index in [9.17, 15) is 0 Å². The lowest BCUT2D eigenvalue weighted by molar-refractivity contribution is 0.662. The zero-order valence-corrected chi connectivity index (χ0v) is 45.9. The Balaban J connectivity index is 0.882. The molecule has 386 valence electrons. The van der Waals surface area contributed by atoms with E-state index in [0.29, 0.717) is 0 Å². The van der Waals surface area contributed by atoms with E-state index in [1.165, 1.54) is 119 Å². The molecule has 0 radical (unpaired) electrons. The number of allylic oxidation sites excluding steroid dienone is 8. The fourth-order valence-corrected chi connectivity index (χ4v) is 13.9. The summed E-state index contributed by atoms with van der Waals surface area (Å²) in [7, 11) is 0. The van der Waals surface area contributed by atoms with E-state index >= 15 is 0 Å². The second kappa shape index (κ2) is 18.7. The van der Waals surface area contributed by atoms with Crippen LogP contribution in [0.25, 0.3) is 108 Å². The van der Waals surface area contributed by atoms with E-state index in [-0.39, 0.29) is 5.41 Å². The number of hydrogen-bond donors (Lipinski definition) is 0. The second-order valence-electron chi connectivity index (χ2n) is 22.8. The van der Waals surface area contributed by atoms with Crippen molar-refractivity contribution in [2.75, 3.05) is 9.80 Å². The highest BCUT2D eigenvalue weighted by molar-refractivity contribution is 6.29. The molecule has 2 nitrogen and oxygen atoms in total. The largest absolute Gasteiger partial charge is 0.310 e. The lowest BCUT2D eigenvalue weighted by Gasteiger charge is -2.29. The summed E-state index contributed by atoms with van der Waals surface area (Å²) in [4.78, 5) is 4.88. The maximum absolute atomic E-state index is 4.48. The SMILES string of the molecule is C=C1/C=C\C=C/C/C=C\C(N(c2ccc3c(c2)c2ccccc2c2cc4c(cc32)C(C)(C)c2cc3c5ccc(N(c6ccc7ccccc7c6)c6cccc7ccccc67)cc5c5ccccc5c3cc2-4)c2cccc3ccccc23)=C/1. The van der Waals surface area contributed by atoms with Gasteiger partial charge in [-0.05, 0) is 205 Å². The van der Waals surface area contributed by atoms with Crippen molar-refractivity contribution in [3.8, 4) is 11.1 Å². The first-order valence-electron chi connectivity index (χ1n) is 28.6. The van der Waals surface area contributed by atoms with Crippen molar-refractivity contribution in [2.24, 2.45) is 0 Å². The highest BCUT2D eigenvalue weighted by Gasteiger charge is 2.37. The molecule has 16 rings (SSSR count). The smallest absolute Gasteiger partial charge is 0.0540 e. The van der Waals surface area contributed by atoms with Crippen molar-refractivity contribution in [3.63, 3.8) is 0 Å². The maximum Gasteiger partial charge on any atom is 0.0540 e. The molecule has 0 bridgehead atoms. The van der Waals surface area contributed by atoms with Crippen molar-refractivity contribution >= 4 is 125 Å². The Labute approximate surface area is 477 Å². The van der Waals surface area contributed by atoms with E-state index in [0.717, 1.165) is 46.1 Å². The highest BCUT2D eigenvalue weighted by atomic mass is 15.2. The molecule has 14 aromatic rings. The van der Waals surface area contributed by atoms with Crippen LogP contribution < -0.4 is 9.80 Å². The van der Waals surface area contributed by atoms with Gasteiger partial charge in [0.15, 0.2) is 0 Å². The van der Waals surface area contributed by atoms with Crippen molar-refractivity contribution in [1.29, 1.82) is 0 Å². The van der Waals surface area contributed by atoms with Crippen LogP contribution in [0.3, 0.4) is 0 Å². The van der Waals surface area contributed by atoms with Crippen LogP contribution in [-0.4, -0.2) is 0 Å². The zero-order chi connectivity index (χ0) is 54.6. The van der Waals surface area contributed by atoms with Gasteiger partial charge in [0, 0.05) is 38.9 Å². The standard InChI is InChI=1S/C80H56N2/c1-51-21-7-5-4-6-8-28-56(43-51)81(78-35-19-26-53-23-11-13-29-60(53)78)58-39-41-66-68(45-58)62-31-15-17-33-64(62)70-47-74-75-48-71-65-34-18-16-32-63(65)69-46-59(40-42-67(69)73(71)50-77(75)80(2,3)76(74)49-72(66)70)82(57-38-37-52-22-9-10-25-55(52)44-57)79-36-20-27-54-24-12-14-30-61(54)79/h4-5,7-50H,1,6H2,2-3H3/b5-4-,21-7-,28-8-,56-43+. The maximum atomic E-state index is 4.48. The Morgan fingerprint density at radius 2 is 0.756 bits per heavy atom.